The fourth-order valence-corrected chi connectivity index (χ4v) is 1.89. The van der Waals surface area contributed by atoms with Crippen molar-refractivity contribution in [2.45, 2.75) is 24.9 Å². The third kappa shape index (κ3) is 0.446. The summed E-state index contributed by atoms with van der Waals surface area (Å²) in [5.74, 6) is 0.806. The maximum atomic E-state index is 5.82. The second-order valence-electron chi connectivity index (χ2n) is 2.93. The van der Waals surface area contributed by atoms with Crippen LogP contribution in [-0.2, 0) is 0 Å². The molecular weight excluding hydrogens is 100 g/mol. The maximum Gasteiger partial charge on any atom is 0.0235 e. The van der Waals surface area contributed by atoms with E-state index < -0.39 is 0 Å². The molecule has 0 aromatic heterocycles. The molecule has 0 radical (unpaired) electrons. The van der Waals surface area contributed by atoms with E-state index in [-0.39, 0.29) is 0 Å². The Morgan fingerprint density at radius 2 is 2.25 bits per heavy atom. The summed E-state index contributed by atoms with van der Waals surface area (Å²) in [7, 11) is 0. The van der Waals surface area contributed by atoms with Crippen LogP contribution in [0, 0.1) is 5.92 Å². The van der Waals surface area contributed by atoms with Crippen molar-refractivity contribution in [1.29, 1.82) is 0 Å². The molecule has 1 saturated heterocycles. The first-order valence-electron chi connectivity index (χ1n) is 3.37. The fraction of sp³-hybridized carbons (Fsp3) is 1.00. The summed E-state index contributed by atoms with van der Waals surface area (Å²) in [6.07, 6.45) is 2.67. The molecule has 2 fully saturated rings. The molecule has 2 bridgehead atoms. The largest absolute Gasteiger partial charge is 0.326 e. The molecule has 1 saturated carbocycles. The molecule has 2 aliphatic rings. The van der Waals surface area contributed by atoms with Crippen LogP contribution in [-0.4, -0.2) is 18.6 Å². The van der Waals surface area contributed by atoms with Gasteiger partial charge in [-0.2, -0.15) is 0 Å². The molecule has 2 nitrogen and oxygen atoms in total. The highest BCUT2D eigenvalue weighted by Crippen LogP contribution is 2.29. The molecule has 0 spiro atoms. The Bertz CT molecular complexity index is 82.7. The predicted molar refractivity (Wildman–Crippen MR) is 32.5 cm³/mol. The van der Waals surface area contributed by atoms with E-state index in [4.69, 9.17) is 5.73 Å². The zero-order chi connectivity index (χ0) is 5.56. The number of fused-ring (bicyclic) bond motifs is 2. The summed E-state index contributed by atoms with van der Waals surface area (Å²) < 4.78 is 0. The second-order valence-corrected chi connectivity index (χ2v) is 2.93. The van der Waals surface area contributed by atoms with Crippen LogP contribution in [0.3, 0.4) is 0 Å². The van der Waals surface area contributed by atoms with Gasteiger partial charge in [0.05, 0.1) is 0 Å². The summed E-state index contributed by atoms with van der Waals surface area (Å²) >= 11 is 0. The summed E-state index contributed by atoms with van der Waals surface area (Å²) in [5, 5.41) is 3.38. The number of rotatable bonds is 0. The highest BCUT2D eigenvalue weighted by Gasteiger charge is 2.38. The number of piperidine rings is 1. The minimum atomic E-state index is 0.481. The lowest BCUT2D eigenvalue weighted by Crippen LogP contribution is -2.33. The van der Waals surface area contributed by atoms with Crippen molar-refractivity contribution >= 4 is 0 Å². The fourth-order valence-electron chi connectivity index (χ4n) is 1.89. The molecule has 1 heterocycles. The minimum Gasteiger partial charge on any atom is -0.326 e. The Hall–Kier alpha value is -0.0800. The highest BCUT2D eigenvalue weighted by molar-refractivity contribution is 4.99. The summed E-state index contributed by atoms with van der Waals surface area (Å²) in [6, 6.07) is 1.15. The molecule has 2 rings (SSSR count). The molecule has 8 heavy (non-hydrogen) atoms. The van der Waals surface area contributed by atoms with Crippen LogP contribution >= 0.6 is 0 Å². The molecule has 1 aliphatic carbocycles. The van der Waals surface area contributed by atoms with Crippen molar-refractivity contribution in [3.63, 3.8) is 0 Å². The molecule has 46 valence electrons. The summed E-state index contributed by atoms with van der Waals surface area (Å²) in [5.41, 5.74) is 5.82. The number of hydrogen-bond acceptors (Lipinski definition) is 2. The number of nitrogens with two attached hydrogens (primary N) is 1. The number of nitrogens with one attached hydrogen (secondary N) is 1. The van der Waals surface area contributed by atoms with Gasteiger partial charge in [0.25, 0.3) is 0 Å². The normalized spacial score (nSPS) is 52.9. The molecule has 1 aliphatic heterocycles. The lowest BCUT2D eigenvalue weighted by Gasteiger charge is -2.07. The standard InChI is InChI=1S/C6H12N2/c7-6-4-1-2-5(6)8-3-4/h4-6,8H,1-3,7H2. The molecule has 0 amide bonds. The van der Waals surface area contributed by atoms with Crippen molar-refractivity contribution in [1.82, 2.24) is 5.32 Å². The van der Waals surface area contributed by atoms with E-state index in [2.05, 4.69) is 5.32 Å². The third-order valence-electron chi connectivity index (χ3n) is 2.50. The van der Waals surface area contributed by atoms with E-state index in [9.17, 15) is 0 Å². The van der Waals surface area contributed by atoms with Gasteiger partial charge in [0, 0.05) is 12.1 Å². The van der Waals surface area contributed by atoms with Crippen LogP contribution in [0.25, 0.3) is 0 Å². The van der Waals surface area contributed by atoms with Gasteiger partial charge in [-0.05, 0) is 25.3 Å². The zero-order valence-electron chi connectivity index (χ0n) is 4.93. The van der Waals surface area contributed by atoms with Crippen molar-refractivity contribution in [3.8, 4) is 0 Å². The third-order valence-corrected chi connectivity index (χ3v) is 2.50. The van der Waals surface area contributed by atoms with E-state index >= 15 is 0 Å². The Kier molecular flexibility index (Phi) is 0.866. The molecule has 3 N–H and O–H groups in total. The van der Waals surface area contributed by atoms with E-state index in [0.717, 1.165) is 5.92 Å². The Labute approximate surface area is 49.4 Å². The first kappa shape index (κ1) is 4.77. The van der Waals surface area contributed by atoms with Gasteiger partial charge in [-0.25, -0.2) is 0 Å². The second kappa shape index (κ2) is 1.45. The molecule has 2 heteroatoms. The zero-order valence-corrected chi connectivity index (χ0v) is 4.93. The van der Waals surface area contributed by atoms with Crippen LogP contribution in [0.4, 0.5) is 0 Å². The monoisotopic (exact) mass is 112 g/mol. The molecular formula is C6H12N2. The van der Waals surface area contributed by atoms with Gasteiger partial charge in [0.2, 0.25) is 0 Å². The molecule has 3 atom stereocenters. The van der Waals surface area contributed by atoms with Gasteiger partial charge in [-0.1, -0.05) is 0 Å². The average Bonchev–Trinajstić information content (AvgIpc) is 2.29. The van der Waals surface area contributed by atoms with Crippen molar-refractivity contribution in [2.24, 2.45) is 11.7 Å². The van der Waals surface area contributed by atoms with Crippen LogP contribution in [0.2, 0.25) is 0 Å². The lowest BCUT2D eigenvalue weighted by molar-refractivity contribution is 0.503. The smallest absolute Gasteiger partial charge is 0.0235 e. The minimum absolute atomic E-state index is 0.481. The van der Waals surface area contributed by atoms with E-state index in [1.165, 1.54) is 19.4 Å². The van der Waals surface area contributed by atoms with E-state index in [1.807, 2.05) is 0 Å². The van der Waals surface area contributed by atoms with E-state index in [0.29, 0.717) is 12.1 Å². The van der Waals surface area contributed by atoms with Gasteiger partial charge in [0.1, 0.15) is 0 Å². The van der Waals surface area contributed by atoms with Gasteiger partial charge < -0.3 is 11.1 Å². The predicted octanol–water partition coefficient (Wildman–Crippen LogP) is -0.305. The number of hydrogen-bond donors (Lipinski definition) is 2. The summed E-state index contributed by atoms with van der Waals surface area (Å²) in [6.45, 7) is 1.17. The Balaban J connectivity index is 2.16. The first-order valence-corrected chi connectivity index (χ1v) is 3.37. The van der Waals surface area contributed by atoms with Crippen LogP contribution in [0.5, 0.6) is 0 Å². The van der Waals surface area contributed by atoms with Gasteiger partial charge in [-0.3, -0.25) is 0 Å². The van der Waals surface area contributed by atoms with Crippen LogP contribution in [0.15, 0.2) is 0 Å². The molecule has 0 aromatic rings. The maximum absolute atomic E-state index is 5.82. The Morgan fingerprint density at radius 3 is 2.38 bits per heavy atom. The Morgan fingerprint density at radius 1 is 1.38 bits per heavy atom. The van der Waals surface area contributed by atoms with Gasteiger partial charge in [-0.15, -0.1) is 0 Å². The summed E-state index contributed by atoms with van der Waals surface area (Å²) in [4.78, 5) is 0. The highest BCUT2D eigenvalue weighted by atomic mass is 15.0. The van der Waals surface area contributed by atoms with Gasteiger partial charge in [0.15, 0.2) is 0 Å². The molecule has 3 unspecified atom stereocenters. The van der Waals surface area contributed by atoms with Crippen molar-refractivity contribution < 1.29 is 0 Å². The SMILES string of the molecule is NC1C2CCC1NC2. The first-order chi connectivity index (χ1) is 3.88. The van der Waals surface area contributed by atoms with Gasteiger partial charge >= 0.3 is 0 Å². The lowest BCUT2D eigenvalue weighted by atomic mass is 10.1. The van der Waals surface area contributed by atoms with Crippen molar-refractivity contribution in [3.05, 3.63) is 0 Å². The topological polar surface area (TPSA) is 38.0 Å². The van der Waals surface area contributed by atoms with Crippen LogP contribution < -0.4 is 11.1 Å². The molecule has 0 aromatic carbocycles. The average molecular weight is 112 g/mol. The van der Waals surface area contributed by atoms with Crippen LogP contribution in [0.1, 0.15) is 12.8 Å². The van der Waals surface area contributed by atoms with Crippen molar-refractivity contribution in [2.75, 3.05) is 6.54 Å². The van der Waals surface area contributed by atoms with E-state index in [1.54, 1.807) is 0 Å². The quantitative estimate of drug-likeness (QED) is 0.451.